The van der Waals surface area contributed by atoms with Crippen molar-refractivity contribution in [3.8, 4) is 17.2 Å². The molecule has 0 atom stereocenters. The van der Waals surface area contributed by atoms with Crippen molar-refractivity contribution in [2.45, 2.75) is 0 Å². The van der Waals surface area contributed by atoms with Crippen LogP contribution in [0.4, 0.5) is 0 Å². The third-order valence-corrected chi connectivity index (χ3v) is 2.93. The fourth-order valence-corrected chi connectivity index (χ4v) is 1.56. The van der Waals surface area contributed by atoms with Crippen LogP contribution in [-0.2, 0) is 17.4 Å². The Kier molecular flexibility index (Phi) is 12.1. The molecular weight excluding hydrogens is 400 g/mol. The molecule has 0 aliphatic heterocycles. The zero-order valence-electron chi connectivity index (χ0n) is 14.6. The van der Waals surface area contributed by atoms with Gasteiger partial charge in [-0.05, 0) is 36.4 Å². The van der Waals surface area contributed by atoms with Gasteiger partial charge >= 0.3 is 0 Å². The van der Waals surface area contributed by atoms with Crippen LogP contribution in [0.1, 0.15) is 0 Å². The topological polar surface area (TPSA) is 112 Å². The molecule has 3 N–H and O–H groups in total. The van der Waals surface area contributed by atoms with Gasteiger partial charge < -0.3 is 15.3 Å². The van der Waals surface area contributed by atoms with Crippen molar-refractivity contribution in [2.24, 2.45) is 0 Å². The molecule has 0 heterocycles. The summed E-state index contributed by atoms with van der Waals surface area (Å²) in [7, 11) is 0. The quantitative estimate of drug-likeness (QED) is 0.516. The molecule has 0 radical (unpaired) electrons. The van der Waals surface area contributed by atoms with Gasteiger partial charge in [0, 0.05) is 17.4 Å². The van der Waals surface area contributed by atoms with Crippen LogP contribution in [0.2, 0.25) is 0 Å². The second-order valence-electron chi connectivity index (χ2n) is 4.98. The first-order valence-electron chi connectivity index (χ1n) is 7.77. The fourth-order valence-electron chi connectivity index (χ4n) is 1.56. The number of hydrogen-bond donors (Lipinski definition) is 3. The Bertz CT molecular complexity index is 906. The van der Waals surface area contributed by atoms with Crippen LogP contribution in [0.5, 0.6) is 17.2 Å². The van der Waals surface area contributed by atoms with E-state index in [1.807, 2.05) is 0 Å². The monoisotopic (exact) mass is 418 g/mol. The molecule has 28 heavy (non-hydrogen) atoms. The van der Waals surface area contributed by atoms with Gasteiger partial charge in [0.1, 0.15) is 0 Å². The molecule has 0 unspecified atom stereocenters. The van der Waals surface area contributed by atoms with E-state index in [2.05, 4.69) is 0 Å². The van der Waals surface area contributed by atoms with Gasteiger partial charge in [0.05, 0.1) is 0 Å². The van der Waals surface area contributed by atoms with E-state index >= 15 is 0 Å². The second-order valence-corrected chi connectivity index (χ2v) is 4.98. The van der Waals surface area contributed by atoms with Crippen molar-refractivity contribution in [3.63, 3.8) is 0 Å². The molecule has 144 valence electrons. The summed E-state index contributed by atoms with van der Waals surface area (Å²) < 4.78 is 0. The molecule has 0 aromatic heterocycles. The second kappa shape index (κ2) is 13.8. The van der Waals surface area contributed by atoms with E-state index in [4.69, 9.17) is 15.3 Å². The molecule has 3 rings (SSSR count). The average Bonchev–Trinajstić information content (AvgIpc) is 3.04. The number of hydrogen-bond acceptors (Lipinski definition) is 6. The van der Waals surface area contributed by atoms with E-state index in [1.54, 1.807) is 54.6 Å². The molecule has 3 aromatic rings. The van der Waals surface area contributed by atoms with Crippen LogP contribution in [0.15, 0.2) is 105 Å². The van der Waals surface area contributed by atoms with Crippen molar-refractivity contribution in [3.05, 3.63) is 122 Å². The molecule has 0 aliphatic carbocycles. The molecule has 3 aromatic carbocycles. The van der Waals surface area contributed by atoms with Crippen LogP contribution < -0.4 is 16.3 Å². The van der Waals surface area contributed by atoms with Gasteiger partial charge in [-0.3, -0.25) is 14.4 Å². The normalized spacial score (nSPS) is 8.57. The summed E-state index contributed by atoms with van der Waals surface area (Å²) in [5.74, 6) is -0.625. The van der Waals surface area contributed by atoms with E-state index in [0.29, 0.717) is 0 Å². The van der Waals surface area contributed by atoms with Crippen LogP contribution in [0, 0.1) is 0 Å². The molecule has 0 bridgehead atoms. The fraction of sp³-hybridized carbons (Fsp3) is 0. The smallest absolute Gasteiger partial charge is 0.220 e. The molecule has 0 aliphatic rings. The first-order valence-corrected chi connectivity index (χ1v) is 7.77. The van der Waals surface area contributed by atoms with E-state index in [1.165, 1.54) is 36.4 Å². The minimum atomic E-state index is -0.347. The van der Waals surface area contributed by atoms with Gasteiger partial charge in [-0.2, -0.15) is 0 Å². The van der Waals surface area contributed by atoms with Crippen LogP contribution in [0.3, 0.4) is 0 Å². The van der Waals surface area contributed by atoms with Crippen LogP contribution in [0.25, 0.3) is 0 Å². The first kappa shape index (κ1) is 24.6. The Morgan fingerprint density at radius 3 is 0.857 bits per heavy atom. The summed E-state index contributed by atoms with van der Waals surface area (Å²) in [5, 5.41) is 26.3. The van der Waals surface area contributed by atoms with Crippen molar-refractivity contribution < 1.29 is 32.7 Å². The zero-order valence-corrected chi connectivity index (χ0v) is 15.9. The largest absolute Gasteiger partial charge is 0.504 e. The predicted octanol–water partition coefficient (Wildman–Crippen LogP) is 2.25. The SMILES string of the molecule is O=c1cccccc1O.O=c1cccccc1O.O=c1cccccc1O.[Cr]. The van der Waals surface area contributed by atoms with E-state index in [9.17, 15) is 14.4 Å². The van der Waals surface area contributed by atoms with E-state index in [-0.39, 0.29) is 50.9 Å². The van der Waals surface area contributed by atoms with Gasteiger partial charge in [0.25, 0.3) is 0 Å². The molecule has 0 amide bonds. The Hall–Kier alpha value is -3.40. The Morgan fingerprint density at radius 2 is 0.607 bits per heavy atom. The van der Waals surface area contributed by atoms with Gasteiger partial charge in [0.15, 0.2) is 17.2 Å². The Morgan fingerprint density at radius 1 is 0.393 bits per heavy atom. The molecule has 6 nitrogen and oxygen atoms in total. The molecule has 0 saturated carbocycles. The summed E-state index contributed by atoms with van der Waals surface area (Å²) in [4.78, 5) is 31.7. The maximum Gasteiger partial charge on any atom is 0.220 e. The summed E-state index contributed by atoms with van der Waals surface area (Å²) in [6.07, 6.45) is 0. The third kappa shape index (κ3) is 9.92. The molecule has 0 saturated heterocycles. The standard InChI is InChI=1S/3C7H6O2.Cr/c3*8-6-4-2-1-3-5-7(6)9;/h3*1-5H,(H,8,9);. The first-order chi connectivity index (χ1) is 12.9. The van der Waals surface area contributed by atoms with Crippen LogP contribution in [-0.4, -0.2) is 15.3 Å². The minimum Gasteiger partial charge on any atom is -0.504 e. The maximum absolute atomic E-state index is 10.6. The third-order valence-electron chi connectivity index (χ3n) is 2.93. The Labute approximate surface area is 171 Å². The molecular formula is C21H18CrO6. The van der Waals surface area contributed by atoms with Gasteiger partial charge in [0.2, 0.25) is 16.3 Å². The van der Waals surface area contributed by atoms with E-state index in [0.717, 1.165) is 0 Å². The molecule has 0 spiro atoms. The van der Waals surface area contributed by atoms with Crippen molar-refractivity contribution >= 4 is 0 Å². The van der Waals surface area contributed by atoms with Gasteiger partial charge in [-0.1, -0.05) is 54.6 Å². The summed E-state index contributed by atoms with van der Waals surface area (Å²) >= 11 is 0. The Balaban J connectivity index is 0.000000384. The summed E-state index contributed by atoms with van der Waals surface area (Å²) in [6, 6.07) is 22.7. The molecule has 7 heteroatoms. The van der Waals surface area contributed by atoms with Crippen LogP contribution >= 0.6 is 0 Å². The van der Waals surface area contributed by atoms with Crippen molar-refractivity contribution in [2.75, 3.05) is 0 Å². The van der Waals surface area contributed by atoms with Gasteiger partial charge in [-0.15, -0.1) is 0 Å². The summed E-state index contributed by atoms with van der Waals surface area (Å²) in [6.45, 7) is 0. The zero-order chi connectivity index (χ0) is 20.1. The molecule has 0 fully saturated rings. The van der Waals surface area contributed by atoms with Crippen molar-refractivity contribution in [1.82, 2.24) is 0 Å². The van der Waals surface area contributed by atoms with Crippen molar-refractivity contribution in [1.29, 1.82) is 0 Å². The van der Waals surface area contributed by atoms with E-state index < -0.39 is 0 Å². The average molecular weight is 418 g/mol. The summed E-state index contributed by atoms with van der Waals surface area (Å²) in [5.41, 5.74) is -1.04. The number of rotatable bonds is 0. The van der Waals surface area contributed by atoms with Gasteiger partial charge in [-0.25, -0.2) is 0 Å². The minimum absolute atomic E-state index is 0. The number of aromatic hydroxyl groups is 3. The maximum atomic E-state index is 10.6. The predicted molar refractivity (Wildman–Crippen MR) is 103 cm³/mol.